The molecule has 0 bridgehead atoms. The quantitative estimate of drug-likeness (QED) is 0.660. The highest BCUT2D eigenvalue weighted by Crippen LogP contribution is 1.94. The lowest BCUT2D eigenvalue weighted by atomic mass is 10.4. The number of fused-ring (bicyclic) bond motifs is 1. The fourth-order valence-corrected chi connectivity index (χ4v) is 1.32. The zero-order valence-electron chi connectivity index (χ0n) is 8.10. The Morgan fingerprint density at radius 3 is 3.12 bits per heavy atom. The molecule has 0 aliphatic heterocycles. The van der Waals surface area contributed by atoms with Gasteiger partial charge in [0, 0.05) is 12.6 Å². The molecule has 7 heteroatoms. The highest BCUT2D eigenvalue weighted by atomic mass is 16.2. The summed E-state index contributed by atoms with van der Waals surface area (Å²) in [5.41, 5.74) is -0.536. The van der Waals surface area contributed by atoms with Crippen molar-refractivity contribution in [1.29, 1.82) is 5.26 Å². The molecular weight excluding hydrogens is 210 g/mol. The zero-order chi connectivity index (χ0) is 11.5. The third kappa shape index (κ3) is 1.52. The number of nitrogens with one attached hydrogen (secondary N) is 2. The van der Waals surface area contributed by atoms with Crippen LogP contribution in [0.15, 0.2) is 28.1 Å². The van der Waals surface area contributed by atoms with E-state index >= 15 is 0 Å². The lowest BCUT2D eigenvalue weighted by Gasteiger charge is -1.98. The maximum Gasteiger partial charge on any atom is 0.330 e. The van der Waals surface area contributed by atoms with Gasteiger partial charge in [0.1, 0.15) is 5.52 Å². The number of nitriles is 1. The maximum absolute atomic E-state index is 11.8. The van der Waals surface area contributed by atoms with Gasteiger partial charge in [-0.15, -0.1) is 0 Å². The van der Waals surface area contributed by atoms with E-state index in [-0.39, 0.29) is 17.7 Å². The van der Waals surface area contributed by atoms with Crippen LogP contribution in [0.4, 0.5) is 0 Å². The van der Waals surface area contributed by atoms with Crippen LogP contribution >= 0.6 is 0 Å². The molecule has 0 atom stereocenters. The van der Waals surface area contributed by atoms with Gasteiger partial charge < -0.3 is 4.98 Å². The number of aromatic nitrogens is 4. The van der Waals surface area contributed by atoms with Crippen molar-refractivity contribution in [3.05, 3.63) is 39.3 Å². The molecule has 0 saturated heterocycles. The molecule has 0 saturated carbocycles. The maximum atomic E-state index is 11.8. The van der Waals surface area contributed by atoms with Crippen molar-refractivity contribution in [3.8, 4) is 6.07 Å². The van der Waals surface area contributed by atoms with Gasteiger partial charge in [0.2, 0.25) is 0 Å². The van der Waals surface area contributed by atoms with Crippen LogP contribution in [0.2, 0.25) is 0 Å². The number of rotatable bonds is 2. The minimum atomic E-state index is -0.549. The predicted octanol–water partition coefficient (Wildman–Crippen LogP) is -0.507. The Bertz CT molecular complexity index is 697. The van der Waals surface area contributed by atoms with E-state index in [1.54, 1.807) is 6.07 Å². The molecule has 0 aliphatic rings. The second-order valence-electron chi connectivity index (χ2n) is 3.00. The minimum Gasteiger partial charge on any atom is -0.339 e. The molecule has 0 amide bonds. The summed E-state index contributed by atoms with van der Waals surface area (Å²) in [5, 5.41) is 8.30. The molecule has 80 valence electrons. The van der Waals surface area contributed by atoms with Gasteiger partial charge in [0.15, 0.2) is 5.65 Å². The largest absolute Gasteiger partial charge is 0.339 e. The Morgan fingerprint density at radius 1 is 1.56 bits per heavy atom. The third-order valence-electron chi connectivity index (χ3n) is 2.05. The molecule has 0 fully saturated rings. The number of hydrogen-bond donors (Lipinski definition) is 2. The lowest BCUT2D eigenvalue weighted by molar-refractivity contribution is 0.725. The van der Waals surface area contributed by atoms with E-state index in [0.29, 0.717) is 0 Å². The number of allylic oxidation sites excluding steroid dienone is 2. The monoisotopic (exact) mass is 217 g/mol. The molecule has 2 aromatic rings. The predicted molar refractivity (Wildman–Crippen MR) is 55.7 cm³/mol. The van der Waals surface area contributed by atoms with Gasteiger partial charge in [-0.2, -0.15) is 5.26 Å². The highest BCUT2D eigenvalue weighted by Gasteiger charge is 2.07. The van der Waals surface area contributed by atoms with Crippen LogP contribution in [0.25, 0.3) is 11.2 Å². The molecule has 7 nitrogen and oxygen atoms in total. The summed E-state index contributed by atoms with van der Waals surface area (Å²) in [6.45, 7) is 0.0523. The van der Waals surface area contributed by atoms with Crippen LogP contribution in [0.5, 0.6) is 0 Å². The normalized spacial score (nSPS) is 10.9. The first-order valence-corrected chi connectivity index (χ1v) is 4.45. The molecule has 2 heterocycles. The van der Waals surface area contributed by atoms with Crippen molar-refractivity contribution >= 4 is 11.2 Å². The second kappa shape index (κ2) is 3.86. The number of hydrogen-bond acceptors (Lipinski definition) is 4. The van der Waals surface area contributed by atoms with E-state index in [9.17, 15) is 9.59 Å². The van der Waals surface area contributed by atoms with Crippen LogP contribution in [-0.4, -0.2) is 19.5 Å². The van der Waals surface area contributed by atoms with Crippen molar-refractivity contribution in [3.63, 3.8) is 0 Å². The van der Waals surface area contributed by atoms with E-state index in [0.717, 1.165) is 4.57 Å². The topological polar surface area (TPSA) is 107 Å². The molecule has 0 aliphatic carbocycles. The molecule has 16 heavy (non-hydrogen) atoms. The Morgan fingerprint density at radius 2 is 2.38 bits per heavy atom. The molecular formula is C9H7N5O2. The fraction of sp³-hybridized carbons (Fsp3) is 0.111. The highest BCUT2D eigenvalue weighted by molar-refractivity contribution is 5.67. The molecule has 0 unspecified atom stereocenters. The fourth-order valence-electron chi connectivity index (χ4n) is 1.32. The molecule has 2 aromatic heterocycles. The summed E-state index contributed by atoms with van der Waals surface area (Å²) in [7, 11) is 0. The Labute approximate surface area is 88.7 Å². The lowest BCUT2D eigenvalue weighted by Crippen LogP contribution is -2.34. The zero-order valence-corrected chi connectivity index (χ0v) is 8.10. The first-order valence-electron chi connectivity index (χ1n) is 4.45. The van der Waals surface area contributed by atoms with Crippen LogP contribution in [0.1, 0.15) is 0 Å². The summed E-state index contributed by atoms with van der Waals surface area (Å²) >= 11 is 0. The van der Waals surface area contributed by atoms with Crippen LogP contribution < -0.4 is 11.2 Å². The van der Waals surface area contributed by atoms with E-state index in [1.807, 2.05) is 0 Å². The first kappa shape index (κ1) is 9.92. The minimum absolute atomic E-state index is 0.0523. The molecule has 0 spiro atoms. The number of aromatic amines is 2. The Balaban J connectivity index is 2.61. The van der Waals surface area contributed by atoms with Crippen molar-refractivity contribution in [1.82, 2.24) is 19.5 Å². The molecule has 2 rings (SSSR count). The van der Waals surface area contributed by atoms with Gasteiger partial charge in [-0.1, -0.05) is 6.08 Å². The summed E-state index contributed by atoms with van der Waals surface area (Å²) in [5.74, 6) is 0. The van der Waals surface area contributed by atoms with E-state index in [4.69, 9.17) is 5.26 Å². The summed E-state index contributed by atoms with van der Waals surface area (Å²) in [6.07, 6.45) is 3.97. The number of H-pyrrole nitrogens is 2. The summed E-state index contributed by atoms with van der Waals surface area (Å²) in [4.78, 5) is 32.1. The van der Waals surface area contributed by atoms with Crippen molar-refractivity contribution in [2.75, 3.05) is 0 Å². The van der Waals surface area contributed by atoms with E-state index < -0.39 is 11.2 Å². The standard InChI is InChI=1S/C9H7N5O2/c10-3-1-2-4-14-8(15)6-7(12-5-11-6)13-9(14)16/h1-2,5H,4H2,(H,11,12)(H,13,16)/b2-1+. The average Bonchev–Trinajstić information content (AvgIpc) is 2.71. The van der Waals surface area contributed by atoms with Crippen molar-refractivity contribution in [2.24, 2.45) is 0 Å². The first-order chi connectivity index (χ1) is 7.74. The van der Waals surface area contributed by atoms with Crippen LogP contribution in [-0.2, 0) is 6.54 Å². The van der Waals surface area contributed by atoms with Crippen molar-refractivity contribution < 1.29 is 0 Å². The number of nitrogens with zero attached hydrogens (tertiary/aromatic N) is 3. The molecule has 0 aromatic carbocycles. The van der Waals surface area contributed by atoms with Gasteiger partial charge in [0.25, 0.3) is 5.56 Å². The van der Waals surface area contributed by atoms with Gasteiger partial charge >= 0.3 is 5.69 Å². The SMILES string of the molecule is N#C/C=C/Cn1c(=O)[nH]c2nc[nH]c2c1=O. The third-order valence-corrected chi connectivity index (χ3v) is 2.05. The van der Waals surface area contributed by atoms with E-state index in [1.165, 1.54) is 18.5 Å². The van der Waals surface area contributed by atoms with Gasteiger partial charge in [-0.05, 0) is 0 Å². The van der Waals surface area contributed by atoms with Gasteiger partial charge in [-0.25, -0.2) is 9.78 Å². The Hall–Kier alpha value is -2.62. The summed E-state index contributed by atoms with van der Waals surface area (Å²) < 4.78 is 0.981. The summed E-state index contributed by atoms with van der Waals surface area (Å²) in [6, 6.07) is 1.78. The Kier molecular flexibility index (Phi) is 2.39. The number of imidazole rings is 1. The van der Waals surface area contributed by atoms with Gasteiger partial charge in [0.05, 0.1) is 12.4 Å². The van der Waals surface area contributed by atoms with Crippen LogP contribution in [0, 0.1) is 11.3 Å². The smallest absolute Gasteiger partial charge is 0.330 e. The molecule has 0 radical (unpaired) electrons. The van der Waals surface area contributed by atoms with E-state index in [2.05, 4.69) is 15.0 Å². The second-order valence-corrected chi connectivity index (χ2v) is 3.00. The molecule has 2 N–H and O–H groups in total. The van der Waals surface area contributed by atoms with Gasteiger partial charge in [-0.3, -0.25) is 14.3 Å². The average molecular weight is 217 g/mol. The van der Waals surface area contributed by atoms with Crippen LogP contribution in [0.3, 0.4) is 0 Å². The van der Waals surface area contributed by atoms with Crippen molar-refractivity contribution in [2.45, 2.75) is 6.54 Å².